The number of nitrogens with two attached hydrogens (primary N) is 1. The number of amides is 2. The van der Waals surface area contributed by atoms with Crippen LogP contribution in [-0.2, 0) is 76.7 Å². The molecule has 446 valence electrons. The molecule has 78 heavy (non-hydrogen) atoms. The third-order valence-electron chi connectivity index (χ3n) is 10.2. The number of nitrogens with one attached hydrogen (secondary N) is 3. The molecule has 1 aliphatic heterocycles. The number of unbranched alkanes of at least 4 members (excludes halogenated alkanes) is 3. The SMILES string of the molecule is CCCN(OCC)C(=O)C1=CC(=N)/C(=C\NCCCCCCNC(=O)CCOCCOCCOCCOCCOCCOCCOCCOCCOCCOCCC(=O)Oc2c(F)c(F)c(S(=O)(=O)O)c(F)c2F)N=C(N)C1. The van der Waals surface area contributed by atoms with Crippen molar-refractivity contribution in [2.75, 3.05) is 158 Å². The lowest BCUT2D eigenvalue weighted by atomic mass is 10.1. The van der Waals surface area contributed by atoms with Gasteiger partial charge in [-0.05, 0) is 32.3 Å². The predicted molar refractivity (Wildman–Crippen MR) is 272 cm³/mol. The fraction of sp³-hybridized carbons (Fsp3) is 0.694. The van der Waals surface area contributed by atoms with Gasteiger partial charge in [0.15, 0.2) is 16.5 Å². The number of benzene rings is 1. The average Bonchev–Trinajstić information content (AvgIpc) is 3.61. The Bertz CT molecular complexity index is 2090. The largest absolute Gasteiger partial charge is 0.420 e. The highest BCUT2D eigenvalue weighted by Gasteiger charge is 2.34. The highest BCUT2D eigenvalue weighted by molar-refractivity contribution is 7.85. The lowest BCUT2D eigenvalue weighted by Gasteiger charge is -2.21. The first-order valence-corrected chi connectivity index (χ1v) is 27.1. The fourth-order valence-electron chi connectivity index (χ4n) is 6.40. The molecule has 0 unspecified atom stereocenters. The summed E-state index contributed by atoms with van der Waals surface area (Å²) < 4.78 is 145. The number of ether oxygens (including phenoxy) is 11. The Morgan fingerprint density at radius 2 is 1.09 bits per heavy atom. The molecule has 0 bridgehead atoms. The number of allylic oxidation sites excluding steroid dienone is 1. The Morgan fingerprint density at radius 1 is 0.667 bits per heavy atom. The normalized spacial score (nSPS) is 13.4. The van der Waals surface area contributed by atoms with Gasteiger partial charge in [0.1, 0.15) is 11.5 Å². The van der Waals surface area contributed by atoms with Crippen LogP contribution in [-0.4, -0.2) is 206 Å². The number of amidine groups is 1. The summed E-state index contributed by atoms with van der Waals surface area (Å²) >= 11 is 0. The molecule has 0 spiro atoms. The van der Waals surface area contributed by atoms with E-state index in [1.165, 1.54) is 11.1 Å². The van der Waals surface area contributed by atoms with Crippen molar-refractivity contribution in [2.45, 2.75) is 70.1 Å². The summed E-state index contributed by atoms with van der Waals surface area (Å²) in [6.45, 7) is 11.8. The number of esters is 1. The zero-order chi connectivity index (χ0) is 57.2. The summed E-state index contributed by atoms with van der Waals surface area (Å²) in [5.74, 6) is -12.8. The van der Waals surface area contributed by atoms with Gasteiger partial charge in [-0.3, -0.25) is 29.2 Å². The lowest BCUT2D eigenvalue weighted by Crippen LogP contribution is -2.34. The third-order valence-corrected chi connectivity index (χ3v) is 11.1. The predicted octanol–water partition coefficient (Wildman–Crippen LogP) is 3.35. The van der Waals surface area contributed by atoms with E-state index >= 15 is 0 Å². The van der Waals surface area contributed by atoms with Crippen molar-refractivity contribution in [2.24, 2.45) is 10.7 Å². The molecule has 1 aromatic carbocycles. The average molecular weight is 1150 g/mol. The second kappa shape index (κ2) is 43.1. The van der Waals surface area contributed by atoms with E-state index in [0.29, 0.717) is 137 Å². The molecule has 0 saturated carbocycles. The summed E-state index contributed by atoms with van der Waals surface area (Å²) in [5.41, 5.74) is 6.87. The van der Waals surface area contributed by atoms with Gasteiger partial charge in [0.05, 0.1) is 151 Å². The molecule has 0 saturated heterocycles. The minimum absolute atomic E-state index is 0.0178. The number of nitrogens with zero attached hydrogens (tertiary/aromatic N) is 2. The second-order valence-corrected chi connectivity index (χ2v) is 17.8. The molecule has 0 atom stereocenters. The van der Waals surface area contributed by atoms with Crippen molar-refractivity contribution in [3.8, 4) is 5.75 Å². The zero-order valence-electron chi connectivity index (χ0n) is 44.6. The van der Waals surface area contributed by atoms with Crippen LogP contribution in [0.5, 0.6) is 5.75 Å². The van der Waals surface area contributed by atoms with Gasteiger partial charge in [-0.15, -0.1) is 0 Å². The molecule has 6 N–H and O–H groups in total. The van der Waals surface area contributed by atoms with E-state index in [2.05, 4.69) is 20.4 Å². The molecule has 0 aromatic heterocycles. The molecule has 1 aromatic rings. The molecule has 1 aliphatic rings. The van der Waals surface area contributed by atoms with Crippen LogP contribution in [0.2, 0.25) is 0 Å². The van der Waals surface area contributed by atoms with Gasteiger partial charge >= 0.3 is 16.1 Å². The quantitative estimate of drug-likeness (QED) is 0.0119. The maximum Gasteiger partial charge on any atom is 0.313 e. The van der Waals surface area contributed by atoms with Crippen LogP contribution >= 0.6 is 0 Å². The second-order valence-electron chi connectivity index (χ2n) is 16.4. The smallest absolute Gasteiger partial charge is 0.313 e. The van der Waals surface area contributed by atoms with Crippen LogP contribution in [0.4, 0.5) is 17.6 Å². The van der Waals surface area contributed by atoms with Crippen LogP contribution in [0.3, 0.4) is 0 Å². The number of hydrogen-bond donors (Lipinski definition) is 5. The lowest BCUT2D eigenvalue weighted by molar-refractivity contribution is -0.180. The summed E-state index contributed by atoms with van der Waals surface area (Å²) in [5, 5.41) is 15.8. The first kappa shape index (κ1) is 69.3. The van der Waals surface area contributed by atoms with Crippen molar-refractivity contribution in [3.63, 3.8) is 0 Å². The monoisotopic (exact) mass is 1150 g/mol. The maximum absolute atomic E-state index is 14.0. The van der Waals surface area contributed by atoms with Crippen LogP contribution in [0.25, 0.3) is 0 Å². The van der Waals surface area contributed by atoms with E-state index in [-0.39, 0.29) is 69.2 Å². The Hall–Kier alpha value is -4.76. The van der Waals surface area contributed by atoms with Gasteiger partial charge in [-0.2, -0.15) is 17.2 Å². The van der Waals surface area contributed by atoms with E-state index in [0.717, 1.165) is 32.1 Å². The number of hydroxylamine groups is 2. The standard InChI is InChI=1S/C49H78F4N6O18S/c1-3-13-59(76-4-2)49(62)37-34-38(54)39(58-40(55)35-37)36-56-11-7-5-6-8-12-57-41(60)9-14-66-16-18-68-20-22-70-24-26-72-28-30-74-32-33-75-31-29-73-27-25-71-23-21-69-19-17-67-15-10-42(61)77-47-43(50)45(52)48(78(63,64)65)46(53)44(47)51/h34,36,54,56H,3-33,35H2,1-2H3,(H2,55,58)(H,57,60)(H,63,64,65)/b39-36+,54-38?. The van der Waals surface area contributed by atoms with E-state index in [4.69, 9.17) is 67.9 Å². The van der Waals surface area contributed by atoms with E-state index in [9.17, 15) is 40.4 Å². The molecule has 2 amide bonds. The molecule has 2 rings (SSSR count). The van der Waals surface area contributed by atoms with Gasteiger partial charge in [0.25, 0.3) is 5.91 Å². The number of rotatable bonds is 48. The van der Waals surface area contributed by atoms with Gasteiger partial charge in [-0.25, -0.2) is 18.8 Å². The first-order valence-electron chi connectivity index (χ1n) is 25.7. The number of carbonyl (C=O) groups is 3. The highest BCUT2D eigenvalue weighted by atomic mass is 32.2. The molecule has 0 fully saturated rings. The first-order chi connectivity index (χ1) is 37.6. The van der Waals surface area contributed by atoms with E-state index in [1.807, 2.05) is 13.8 Å². The molecule has 29 heteroatoms. The Morgan fingerprint density at radius 3 is 1.51 bits per heavy atom. The van der Waals surface area contributed by atoms with Gasteiger partial charge in [-0.1, -0.05) is 19.8 Å². The number of halogens is 4. The van der Waals surface area contributed by atoms with Crippen molar-refractivity contribution in [3.05, 3.63) is 46.8 Å². The van der Waals surface area contributed by atoms with Crippen molar-refractivity contribution >= 4 is 39.4 Å². The molecule has 1 heterocycles. The van der Waals surface area contributed by atoms with Gasteiger partial charge < -0.3 is 68.5 Å². The number of hydrogen-bond acceptors (Lipinski definition) is 21. The van der Waals surface area contributed by atoms with E-state index < -0.39 is 56.4 Å². The van der Waals surface area contributed by atoms with E-state index in [1.54, 1.807) is 6.20 Å². The molecule has 0 aliphatic carbocycles. The molecular weight excluding hydrogens is 1070 g/mol. The molecule has 0 radical (unpaired) electrons. The van der Waals surface area contributed by atoms with Crippen molar-refractivity contribution in [1.29, 1.82) is 5.41 Å². The van der Waals surface area contributed by atoms with Crippen LogP contribution in [0.1, 0.15) is 65.2 Å². The van der Waals surface area contributed by atoms with Crippen molar-refractivity contribution in [1.82, 2.24) is 15.7 Å². The minimum Gasteiger partial charge on any atom is -0.420 e. The maximum atomic E-state index is 14.0. The fourth-order valence-corrected chi connectivity index (χ4v) is 7.04. The third kappa shape index (κ3) is 31.1. The highest BCUT2D eigenvalue weighted by Crippen LogP contribution is 2.32. The van der Waals surface area contributed by atoms with Crippen LogP contribution < -0.4 is 21.1 Å². The summed E-state index contributed by atoms with van der Waals surface area (Å²) in [7, 11) is -5.65. The molecular formula is C49H78F4N6O18S. The Labute approximate surface area is 453 Å². The van der Waals surface area contributed by atoms with Crippen LogP contribution in [0, 0.1) is 28.7 Å². The van der Waals surface area contributed by atoms with Crippen LogP contribution in [0.15, 0.2) is 33.4 Å². The molecule has 24 nitrogen and oxygen atoms in total. The summed E-state index contributed by atoms with van der Waals surface area (Å²) in [4.78, 5) is 44.4. The summed E-state index contributed by atoms with van der Waals surface area (Å²) in [6.07, 6.45) is 7.35. The van der Waals surface area contributed by atoms with Gasteiger partial charge in [0.2, 0.25) is 23.3 Å². The number of aliphatic imine (C=N–C) groups is 1. The minimum atomic E-state index is -5.65. The zero-order valence-corrected chi connectivity index (χ0v) is 45.4. The Kier molecular flexibility index (Phi) is 38.3. The van der Waals surface area contributed by atoms with Crippen molar-refractivity contribution < 1.29 is 102 Å². The topological polar surface area (TPSA) is 306 Å². The Balaban J connectivity index is 1.26. The van der Waals surface area contributed by atoms with Gasteiger partial charge in [0, 0.05) is 44.2 Å². The number of carbonyl (C=O) groups excluding carboxylic acids is 3. The summed E-state index contributed by atoms with van der Waals surface area (Å²) in [6, 6.07) is 0.